The van der Waals surface area contributed by atoms with E-state index in [4.69, 9.17) is 4.74 Å². The van der Waals surface area contributed by atoms with Crippen molar-refractivity contribution in [3.8, 4) is 11.1 Å². The van der Waals surface area contributed by atoms with Gasteiger partial charge in [0.2, 0.25) is 0 Å². The third kappa shape index (κ3) is 3.28. The van der Waals surface area contributed by atoms with Gasteiger partial charge in [0, 0.05) is 24.4 Å². The van der Waals surface area contributed by atoms with Gasteiger partial charge in [-0.25, -0.2) is 9.59 Å². The number of hydrogen-bond donors (Lipinski definition) is 2. The Kier molecular flexibility index (Phi) is 5.41. The molecule has 2 unspecified atom stereocenters. The van der Waals surface area contributed by atoms with Crippen LogP contribution in [0.5, 0.6) is 0 Å². The van der Waals surface area contributed by atoms with Crippen LogP contribution in [0.4, 0.5) is 4.79 Å². The summed E-state index contributed by atoms with van der Waals surface area (Å²) in [6, 6.07) is 16.4. The van der Waals surface area contributed by atoms with Gasteiger partial charge in [-0.3, -0.25) is 4.90 Å². The maximum Gasteiger partial charge on any atom is 0.411 e. The van der Waals surface area contributed by atoms with Gasteiger partial charge in [-0.1, -0.05) is 55.5 Å². The van der Waals surface area contributed by atoms with Crippen molar-refractivity contribution in [3.63, 3.8) is 0 Å². The van der Waals surface area contributed by atoms with Crippen LogP contribution >= 0.6 is 0 Å². The van der Waals surface area contributed by atoms with Gasteiger partial charge in [0.1, 0.15) is 12.1 Å². The van der Waals surface area contributed by atoms with Crippen LogP contribution in [-0.2, 0) is 9.53 Å². The Morgan fingerprint density at radius 1 is 1.09 bits per heavy atom. The first-order chi connectivity index (χ1) is 15.6. The van der Waals surface area contributed by atoms with Gasteiger partial charge < -0.3 is 15.2 Å². The highest BCUT2D eigenvalue weighted by molar-refractivity contribution is 5.86. The molecule has 168 valence electrons. The van der Waals surface area contributed by atoms with Gasteiger partial charge in [0.05, 0.1) is 0 Å². The second-order valence-electron chi connectivity index (χ2n) is 9.19. The van der Waals surface area contributed by atoms with Crippen LogP contribution < -0.4 is 5.32 Å². The molecule has 6 nitrogen and oxygen atoms in total. The fourth-order valence-electron chi connectivity index (χ4n) is 5.75. The van der Waals surface area contributed by atoms with E-state index < -0.39 is 17.6 Å². The third-order valence-electron chi connectivity index (χ3n) is 7.49. The lowest BCUT2D eigenvalue weighted by molar-refractivity contribution is -0.157. The summed E-state index contributed by atoms with van der Waals surface area (Å²) in [5.74, 6) is -1.09. The average molecular weight is 435 g/mol. The van der Waals surface area contributed by atoms with Crippen molar-refractivity contribution in [2.45, 2.75) is 50.1 Å². The molecule has 0 aromatic heterocycles. The maximum atomic E-state index is 13.5. The SMILES string of the molecule is CCC1CNCCC1(C(=O)O)N(C(=O)OCC1c2ccccc2-c2ccccc21)C1CC1. The highest BCUT2D eigenvalue weighted by Gasteiger charge is 2.57. The lowest BCUT2D eigenvalue weighted by Crippen LogP contribution is -2.67. The molecule has 2 aromatic rings. The summed E-state index contributed by atoms with van der Waals surface area (Å²) in [5.41, 5.74) is 3.45. The lowest BCUT2D eigenvalue weighted by Gasteiger charge is -2.47. The summed E-state index contributed by atoms with van der Waals surface area (Å²) in [4.78, 5) is 27.7. The average Bonchev–Trinajstić information content (AvgIpc) is 3.59. The van der Waals surface area contributed by atoms with E-state index in [9.17, 15) is 14.7 Å². The minimum atomic E-state index is -1.20. The van der Waals surface area contributed by atoms with Crippen molar-refractivity contribution in [3.05, 3.63) is 59.7 Å². The molecule has 2 aromatic carbocycles. The number of aliphatic carboxylic acids is 1. The highest BCUT2D eigenvalue weighted by atomic mass is 16.6. The number of rotatable bonds is 6. The number of piperidine rings is 1. The largest absolute Gasteiger partial charge is 0.479 e. The first-order valence-corrected chi connectivity index (χ1v) is 11.7. The van der Waals surface area contributed by atoms with Crippen molar-refractivity contribution >= 4 is 12.1 Å². The normalized spacial score (nSPS) is 24.5. The van der Waals surface area contributed by atoms with Gasteiger partial charge >= 0.3 is 12.1 Å². The number of nitrogens with one attached hydrogen (secondary N) is 1. The fourth-order valence-corrected chi connectivity index (χ4v) is 5.75. The van der Waals surface area contributed by atoms with Gasteiger partial charge in [0.15, 0.2) is 0 Å². The topological polar surface area (TPSA) is 78.9 Å². The third-order valence-corrected chi connectivity index (χ3v) is 7.49. The van der Waals surface area contributed by atoms with Crippen molar-refractivity contribution in [1.29, 1.82) is 0 Å². The van der Waals surface area contributed by atoms with Crippen molar-refractivity contribution < 1.29 is 19.4 Å². The highest BCUT2D eigenvalue weighted by Crippen LogP contribution is 2.45. The van der Waals surface area contributed by atoms with Gasteiger partial charge in [0.25, 0.3) is 0 Å². The Balaban J connectivity index is 1.42. The summed E-state index contributed by atoms with van der Waals surface area (Å²) >= 11 is 0. The smallest absolute Gasteiger partial charge is 0.411 e. The molecule has 2 aliphatic carbocycles. The minimum Gasteiger partial charge on any atom is -0.479 e. The van der Waals surface area contributed by atoms with Crippen molar-refractivity contribution in [2.75, 3.05) is 19.7 Å². The molecule has 0 spiro atoms. The van der Waals surface area contributed by atoms with E-state index >= 15 is 0 Å². The van der Waals surface area contributed by atoms with Crippen molar-refractivity contribution in [2.24, 2.45) is 5.92 Å². The molecule has 6 heteroatoms. The molecule has 1 heterocycles. The molecule has 2 N–H and O–H groups in total. The molecule has 0 radical (unpaired) electrons. The van der Waals surface area contributed by atoms with Crippen LogP contribution in [0.15, 0.2) is 48.5 Å². The number of benzene rings is 2. The van der Waals surface area contributed by atoms with Crippen LogP contribution in [0.25, 0.3) is 11.1 Å². The molecule has 1 aliphatic heterocycles. The van der Waals surface area contributed by atoms with Crippen LogP contribution in [0.1, 0.15) is 49.7 Å². The zero-order valence-electron chi connectivity index (χ0n) is 18.4. The number of carbonyl (C=O) groups is 2. The van der Waals surface area contributed by atoms with E-state index in [1.165, 1.54) is 11.1 Å². The standard InChI is InChI=1S/C26H30N2O4/c1-2-17-15-27-14-13-26(17,24(29)30)28(18-11-12-18)25(31)32-16-23-21-9-5-3-7-19(21)20-8-4-6-10-22(20)23/h3-10,17-18,23,27H,2,11-16H2,1H3,(H,29,30). The second-order valence-corrected chi connectivity index (χ2v) is 9.19. The Hall–Kier alpha value is -2.86. The number of ether oxygens (including phenoxy) is 1. The molecule has 2 fully saturated rings. The molecule has 5 rings (SSSR count). The zero-order chi connectivity index (χ0) is 22.3. The fraction of sp³-hybridized carbons (Fsp3) is 0.462. The van der Waals surface area contributed by atoms with Crippen molar-refractivity contribution in [1.82, 2.24) is 10.2 Å². The summed E-state index contributed by atoms with van der Waals surface area (Å²) in [6.45, 7) is 3.39. The number of carbonyl (C=O) groups excluding carboxylic acids is 1. The summed E-state index contributed by atoms with van der Waals surface area (Å²) in [6.07, 6.45) is 2.28. The number of carboxylic acid groups (broad SMARTS) is 1. The monoisotopic (exact) mass is 434 g/mol. The number of carboxylic acids is 1. The first kappa shape index (κ1) is 21.0. The second kappa shape index (κ2) is 8.24. The van der Waals surface area contributed by atoms with Gasteiger partial charge in [-0.15, -0.1) is 0 Å². The van der Waals surface area contributed by atoms with Gasteiger partial charge in [-0.2, -0.15) is 0 Å². The predicted molar refractivity (Wildman–Crippen MR) is 122 cm³/mol. The zero-order valence-corrected chi connectivity index (χ0v) is 18.4. The lowest BCUT2D eigenvalue weighted by atomic mass is 9.75. The Labute approximate surface area is 188 Å². The molecule has 3 aliphatic rings. The van der Waals surface area contributed by atoms with E-state index in [-0.39, 0.29) is 24.5 Å². The van der Waals surface area contributed by atoms with E-state index in [1.54, 1.807) is 4.90 Å². The molecular formula is C26H30N2O4. The van der Waals surface area contributed by atoms with Crippen LogP contribution in [0, 0.1) is 5.92 Å². The Morgan fingerprint density at radius 3 is 2.28 bits per heavy atom. The summed E-state index contributed by atoms with van der Waals surface area (Å²) in [7, 11) is 0. The molecule has 1 amide bonds. The van der Waals surface area contributed by atoms with Crippen LogP contribution in [-0.4, -0.2) is 53.3 Å². The molecule has 1 saturated heterocycles. The number of fused-ring (bicyclic) bond motifs is 3. The van der Waals surface area contributed by atoms with E-state index in [0.29, 0.717) is 25.9 Å². The van der Waals surface area contributed by atoms with E-state index in [2.05, 4.69) is 29.6 Å². The predicted octanol–water partition coefficient (Wildman–Crippen LogP) is 4.24. The first-order valence-electron chi connectivity index (χ1n) is 11.7. The molecule has 2 atom stereocenters. The molecular weight excluding hydrogens is 404 g/mol. The number of hydrogen-bond acceptors (Lipinski definition) is 4. The van der Waals surface area contributed by atoms with E-state index in [0.717, 1.165) is 24.0 Å². The Morgan fingerprint density at radius 2 is 1.72 bits per heavy atom. The maximum absolute atomic E-state index is 13.5. The Bertz CT molecular complexity index is 988. The molecule has 1 saturated carbocycles. The summed E-state index contributed by atoms with van der Waals surface area (Å²) in [5, 5.41) is 13.7. The van der Waals surface area contributed by atoms with Gasteiger partial charge in [-0.05, 0) is 54.5 Å². The number of amides is 1. The quantitative estimate of drug-likeness (QED) is 0.711. The number of nitrogens with zero attached hydrogens (tertiary/aromatic N) is 1. The molecule has 32 heavy (non-hydrogen) atoms. The summed E-state index contributed by atoms with van der Waals surface area (Å²) < 4.78 is 5.93. The van der Waals surface area contributed by atoms with E-state index in [1.807, 2.05) is 31.2 Å². The minimum absolute atomic E-state index is 0.0387. The van der Waals surface area contributed by atoms with Crippen LogP contribution in [0.3, 0.4) is 0 Å². The molecule has 0 bridgehead atoms. The van der Waals surface area contributed by atoms with Crippen LogP contribution in [0.2, 0.25) is 0 Å².